The van der Waals surface area contributed by atoms with Gasteiger partial charge in [-0.2, -0.15) is 0 Å². The van der Waals surface area contributed by atoms with Gasteiger partial charge in [0, 0.05) is 31.1 Å². The monoisotopic (exact) mass is 254 g/mol. The number of amides is 1. The van der Waals surface area contributed by atoms with Crippen molar-refractivity contribution in [3.63, 3.8) is 0 Å². The van der Waals surface area contributed by atoms with Crippen molar-refractivity contribution in [2.24, 2.45) is 0 Å². The maximum atomic E-state index is 11.0. The van der Waals surface area contributed by atoms with Gasteiger partial charge in [0.05, 0.1) is 6.04 Å². The largest absolute Gasteiger partial charge is 0.465 e. The van der Waals surface area contributed by atoms with Gasteiger partial charge in [0.2, 0.25) is 0 Å². The molecule has 1 amide bonds. The molecule has 17 heavy (non-hydrogen) atoms. The van der Waals surface area contributed by atoms with Crippen LogP contribution in [-0.2, 0) is 0 Å². The van der Waals surface area contributed by atoms with E-state index in [9.17, 15) is 4.79 Å². The highest BCUT2D eigenvalue weighted by atomic mass is 35.5. The number of nitrogens with one attached hydrogen (secondary N) is 1. The van der Waals surface area contributed by atoms with Crippen LogP contribution in [0.5, 0.6) is 0 Å². The van der Waals surface area contributed by atoms with E-state index in [0.717, 1.165) is 12.1 Å². The topological polar surface area (TPSA) is 52.6 Å². The van der Waals surface area contributed by atoms with Crippen molar-refractivity contribution in [1.29, 1.82) is 0 Å². The minimum absolute atomic E-state index is 0.0197. The molecule has 0 aromatic heterocycles. The van der Waals surface area contributed by atoms with Gasteiger partial charge in [-0.25, -0.2) is 4.79 Å². The van der Waals surface area contributed by atoms with Crippen LogP contribution in [0.3, 0.4) is 0 Å². The highest BCUT2D eigenvalue weighted by Gasteiger charge is 2.33. The summed E-state index contributed by atoms with van der Waals surface area (Å²) in [6.07, 6.45) is -0.891. The van der Waals surface area contributed by atoms with Gasteiger partial charge in [0.25, 0.3) is 0 Å². The molecule has 1 saturated heterocycles. The molecule has 92 valence electrons. The molecule has 2 unspecified atom stereocenters. The van der Waals surface area contributed by atoms with Gasteiger partial charge in [-0.05, 0) is 17.7 Å². The molecule has 1 aliphatic rings. The van der Waals surface area contributed by atoms with Gasteiger partial charge < -0.3 is 15.3 Å². The molecule has 2 N–H and O–H groups in total. The number of likely N-dealkylation sites (N-methyl/N-ethyl adjacent to an activating group) is 1. The first-order chi connectivity index (χ1) is 8.09. The molecule has 0 spiro atoms. The highest BCUT2D eigenvalue weighted by Crippen LogP contribution is 2.27. The van der Waals surface area contributed by atoms with Crippen molar-refractivity contribution in [3.05, 3.63) is 34.9 Å². The zero-order valence-electron chi connectivity index (χ0n) is 9.56. The number of hydrogen-bond donors (Lipinski definition) is 2. The van der Waals surface area contributed by atoms with E-state index in [1.165, 1.54) is 4.90 Å². The summed E-state index contributed by atoms with van der Waals surface area (Å²) in [6.45, 7) is 1.49. The quantitative estimate of drug-likeness (QED) is 0.849. The second kappa shape index (κ2) is 4.94. The zero-order chi connectivity index (χ0) is 12.4. The molecule has 1 aromatic rings. The van der Waals surface area contributed by atoms with Crippen molar-refractivity contribution in [1.82, 2.24) is 10.2 Å². The van der Waals surface area contributed by atoms with Crippen molar-refractivity contribution in [2.75, 3.05) is 20.1 Å². The zero-order valence-corrected chi connectivity index (χ0v) is 10.3. The van der Waals surface area contributed by atoms with Crippen LogP contribution in [0.2, 0.25) is 5.02 Å². The minimum Gasteiger partial charge on any atom is -0.465 e. The number of rotatable bonds is 2. The lowest BCUT2D eigenvalue weighted by Gasteiger charge is -2.26. The molecule has 1 aliphatic heterocycles. The first-order valence-electron chi connectivity index (χ1n) is 5.51. The van der Waals surface area contributed by atoms with E-state index in [1.54, 1.807) is 7.05 Å². The first-order valence-corrected chi connectivity index (χ1v) is 5.89. The molecular weight excluding hydrogens is 240 g/mol. The van der Waals surface area contributed by atoms with E-state index >= 15 is 0 Å². The van der Waals surface area contributed by atoms with E-state index < -0.39 is 6.09 Å². The smallest absolute Gasteiger partial charge is 0.407 e. The Labute approximate surface area is 105 Å². The van der Waals surface area contributed by atoms with Gasteiger partial charge in [0.1, 0.15) is 0 Å². The van der Waals surface area contributed by atoms with E-state index in [0.29, 0.717) is 11.6 Å². The van der Waals surface area contributed by atoms with Gasteiger partial charge in [0.15, 0.2) is 0 Å². The Bertz CT molecular complexity index is 407. The number of hydrogen-bond acceptors (Lipinski definition) is 2. The first kappa shape index (κ1) is 12.2. The second-order valence-corrected chi connectivity index (χ2v) is 4.71. The van der Waals surface area contributed by atoms with Gasteiger partial charge in [-0.15, -0.1) is 0 Å². The summed E-state index contributed by atoms with van der Waals surface area (Å²) in [5, 5.41) is 13.0. The summed E-state index contributed by atoms with van der Waals surface area (Å²) >= 11 is 5.85. The molecule has 1 heterocycles. The summed E-state index contributed by atoms with van der Waals surface area (Å²) < 4.78 is 0. The summed E-state index contributed by atoms with van der Waals surface area (Å²) in [6, 6.07) is 7.58. The predicted octanol–water partition coefficient (Wildman–Crippen LogP) is 2.01. The number of carbonyl (C=O) groups is 1. The van der Waals surface area contributed by atoms with Crippen LogP contribution in [0.15, 0.2) is 24.3 Å². The SMILES string of the molecule is CN(C(=O)O)C1CNCC1c1ccc(Cl)cc1. The van der Waals surface area contributed by atoms with Gasteiger partial charge >= 0.3 is 6.09 Å². The maximum Gasteiger partial charge on any atom is 0.407 e. The fraction of sp³-hybridized carbons (Fsp3) is 0.417. The van der Waals surface area contributed by atoms with Crippen LogP contribution in [-0.4, -0.2) is 42.3 Å². The normalized spacial score (nSPS) is 23.6. The summed E-state index contributed by atoms with van der Waals surface area (Å²) in [5.74, 6) is 0.188. The molecule has 1 aromatic carbocycles. The molecule has 0 radical (unpaired) electrons. The number of halogens is 1. The average molecular weight is 255 g/mol. The highest BCUT2D eigenvalue weighted by molar-refractivity contribution is 6.30. The van der Waals surface area contributed by atoms with E-state index in [-0.39, 0.29) is 12.0 Å². The third-order valence-corrected chi connectivity index (χ3v) is 3.53. The van der Waals surface area contributed by atoms with Crippen molar-refractivity contribution in [2.45, 2.75) is 12.0 Å². The Balaban J connectivity index is 2.19. The maximum absolute atomic E-state index is 11.0. The Morgan fingerprint density at radius 3 is 2.65 bits per heavy atom. The lowest BCUT2D eigenvalue weighted by molar-refractivity contribution is 0.138. The standard InChI is InChI=1S/C12H15ClN2O2/c1-15(12(16)17)11-7-14-6-10(11)8-2-4-9(13)5-3-8/h2-5,10-11,14H,6-7H2,1H3,(H,16,17). The third kappa shape index (κ3) is 2.53. The van der Waals surface area contributed by atoms with Crippen LogP contribution < -0.4 is 5.32 Å². The van der Waals surface area contributed by atoms with E-state index in [4.69, 9.17) is 16.7 Å². The molecule has 0 bridgehead atoms. The average Bonchev–Trinajstić information content (AvgIpc) is 2.77. The van der Waals surface area contributed by atoms with Crippen molar-refractivity contribution in [3.8, 4) is 0 Å². The van der Waals surface area contributed by atoms with E-state index in [1.807, 2.05) is 24.3 Å². The Hall–Kier alpha value is -1.26. The fourth-order valence-electron chi connectivity index (χ4n) is 2.26. The van der Waals surface area contributed by atoms with E-state index in [2.05, 4.69) is 5.32 Å². The van der Waals surface area contributed by atoms with Crippen LogP contribution in [0, 0.1) is 0 Å². The molecule has 0 aliphatic carbocycles. The van der Waals surface area contributed by atoms with Gasteiger partial charge in [-0.3, -0.25) is 0 Å². The molecule has 5 heteroatoms. The number of nitrogens with zero attached hydrogens (tertiary/aromatic N) is 1. The van der Waals surface area contributed by atoms with Crippen LogP contribution in [0.25, 0.3) is 0 Å². The van der Waals surface area contributed by atoms with Crippen molar-refractivity contribution >= 4 is 17.7 Å². The molecule has 2 atom stereocenters. The lowest BCUT2D eigenvalue weighted by atomic mass is 9.94. The number of benzene rings is 1. The summed E-state index contributed by atoms with van der Waals surface area (Å²) in [7, 11) is 1.61. The Morgan fingerprint density at radius 1 is 1.41 bits per heavy atom. The summed E-state index contributed by atoms with van der Waals surface area (Å²) in [4.78, 5) is 12.4. The summed E-state index contributed by atoms with van der Waals surface area (Å²) in [5.41, 5.74) is 1.12. The van der Waals surface area contributed by atoms with Crippen LogP contribution in [0.4, 0.5) is 4.79 Å². The van der Waals surface area contributed by atoms with Crippen LogP contribution >= 0.6 is 11.6 Å². The van der Waals surface area contributed by atoms with Crippen LogP contribution in [0.1, 0.15) is 11.5 Å². The Morgan fingerprint density at radius 2 is 2.06 bits per heavy atom. The number of carboxylic acid groups (broad SMARTS) is 1. The lowest BCUT2D eigenvalue weighted by Crippen LogP contribution is -2.40. The fourth-order valence-corrected chi connectivity index (χ4v) is 2.39. The molecule has 0 saturated carbocycles. The van der Waals surface area contributed by atoms with Gasteiger partial charge in [-0.1, -0.05) is 23.7 Å². The molecule has 2 rings (SSSR count). The Kier molecular flexibility index (Phi) is 3.54. The minimum atomic E-state index is -0.891. The second-order valence-electron chi connectivity index (χ2n) is 4.28. The molecule has 1 fully saturated rings. The molecule has 4 nitrogen and oxygen atoms in total. The third-order valence-electron chi connectivity index (χ3n) is 3.28. The van der Waals surface area contributed by atoms with Crippen molar-refractivity contribution < 1.29 is 9.90 Å². The predicted molar refractivity (Wildman–Crippen MR) is 66.6 cm³/mol. The molecular formula is C12H15ClN2O2.